The molecule has 180 valence electrons. The molecule has 0 amide bonds. The normalized spacial score (nSPS) is 48.8. The summed E-state index contributed by atoms with van der Waals surface area (Å²) in [5.74, 6) is -1.86. The summed E-state index contributed by atoms with van der Waals surface area (Å²) in [6, 6.07) is 0. The maximum atomic E-state index is 12.3. The molecule has 32 heavy (non-hydrogen) atoms. The summed E-state index contributed by atoms with van der Waals surface area (Å²) >= 11 is 0. The molecule has 0 aromatic carbocycles. The van der Waals surface area contributed by atoms with Gasteiger partial charge in [-0.2, -0.15) is 0 Å². The number of allylic oxidation sites excluding steroid dienone is 3. The Morgan fingerprint density at radius 2 is 2.00 bits per heavy atom. The van der Waals surface area contributed by atoms with Crippen LogP contribution in [0.25, 0.3) is 0 Å². The van der Waals surface area contributed by atoms with Crippen molar-refractivity contribution in [3.63, 3.8) is 0 Å². The molecule has 6 nitrogen and oxygen atoms in total. The number of carbonyl (C=O) groups is 1. The molecule has 6 heteroatoms. The molecule has 3 N–H and O–H groups in total. The van der Waals surface area contributed by atoms with E-state index in [1.165, 1.54) is 19.3 Å². The third-order valence-corrected chi connectivity index (χ3v) is 9.77. The first-order valence-electron chi connectivity index (χ1n) is 12.2. The van der Waals surface area contributed by atoms with Crippen LogP contribution in [-0.2, 0) is 14.3 Å². The van der Waals surface area contributed by atoms with Crippen LogP contribution in [0.5, 0.6) is 0 Å². The first-order valence-corrected chi connectivity index (χ1v) is 12.2. The summed E-state index contributed by atoms with van der Waals surface area (Å²) in [6.07, 6.45) is 8.55. The fourth-order valence-corrected chi connectivity index (χ4v) is 6.97. The SMILES string of the molecule is CC1=CCCC2[C@@]1(C)CC[C@@H](C)[C@]2(C)CC/C(C)=C/C[C@@]1(O)C(=O)O[C@@H]2[C@@H](O)CO[C@@]21O. The Hall–Kier alpha value is -1.21. The number of rotatable bonds is 5. The van der Waals surface area contributed by atoms with Crippen molar-refractivity contribution in [2.24, 2.45) is 22.7 Å². The quantitative estimate of drug-likeness (QED) is 0.439. The fraction of sp³-hybridized carbons (Fsp3) is 0.808. The molecule has 4 aliphatic rings. The van der Waals surface area contributed by atoms with Crippen molar-refractivity contribution in [2.75, 3.05) is 6.61 Å². The van der Waals surface area contributed by atoms with Crippen molar-refractivity contribution in [2.45, 2.75) is 103 Å². The number of aliphatic hydroxyl groups excluding tert-OH is 1. The van der Waals surface area contributed by atoms with Gasteiger partial charge in [0.05, 0.1) is 6.61 Å². The molecule has 4 rings (SSSR count). The van der Waals surface area contributed by atoms with Crippen LogP contribution in [0.15, 0.2) is 23.3 Å². The molecule has 0 spiro atoms. The van der Waals surface area contributed by atoms with Crippen LogP contribution >= 0.6 is 0 Å². The van der Waals surface area contributed by atoms with Crippen molar-refractivity contribution < 1.29 is 29.6 Å². The predicted octanol–water partition coefficient (Wildman–Crippen LogP) is 3.64. The summed E-state index contributed by atoms with van der Waals surface area (Å²) in [7, 11) is 0. The average molecular weight is 449 g/mol. The van der Waals surface area contributed by atoms with Gasteiger partial charge in [0.15, 0.2) is 6.10 Å². The lowest BCUT2D eigenvalue weighted by molar-refractivity contribution is -0.261. The van der Waals surface area contributed by atoms with E-state index >= 15 is 0 Å². The second-order valence-electron chi connectivity index (χ2n) is 11.4. The van der Waals surface area contributed by atoms with Gasteiger partial charge >= 0.3 is 5.97 Å². The lowest BCUT2D eigenvalue weighted by Gasteiger charge is -2.58. The smallest absolute Gasteiger partial charge is 0.344 e. The van der Waals surface area contributed by atoms with Crippen molar-refractivity contribution >= 4 is 5.97 Å². The van der Waals surface area contributed by atoms with Crippen LogP contribution in [0.2, 0.25) is 0 Å². The molecule has 1 saturated carbocycles. The zero-order chi connectivity index (χ0) is 23.5. The van der Waals surface area contributed by atoms with Gasteiger partial charge in [0.25, 0.3) is 0 Å². The first-order chi connectivity index (χ1) is 14.9. The number of ether oxygens (including phenoxy) is 2. The molecular weight excluding hydrogens is 408 g/mol. The van der Waals surface area contributed by atoms with Crippen LogP contribution in [0.4, 0.5) is 0 Å². The van der Waals surface area contributed by atoms with Gasteiger partial charge < -0.3 is 24.8 Å². The van der Waals surface area contributed by atoms with Crippen LogP contribution in [0, 0.1) is 22.7 Å². The molecule has 2 aliphatic heterocycles. The Morgan fingerprint density at radius 1 is 1.28 bits per heavy atom. The number of fused-ring (bicyclic) bond motifs is 2. The van der Waals surface area contributed by atoms with Gasteiger partial charge in [0, 0.05) is 6.42 Å². The van der Waals surface area contributed by atoms with E-state index in [4.69, 9.17) is 9.47 Å². The molecule has 0 radical (unpaired) electrons. The summed E-state index contributed by atoms with van der Waals surface area (Å²) in [4.78, 5) is 12.3. The van der Waals surface area contributed by atoms with Crippen LogP contribution in [0.3, 0.4) is 0 Å². The highest BCUT2D eigenvalue weighted by Crippen LogP contribution is 2.62. The van der Waals surface area contributed by atoms with Crippen LogP contribution in [0.1, 0.15) is 79.6 Å². The minimum absolute atomic E-state index is 0.105. The van der Waals surface area contributed by atoms with E-state index in [-0.39, 0.29) is 23.9 Å². The maximum Gasteiger partial charge on any atom is 0.344 e. The van der Waals surface area contributed by atoms with Gasteiger partial charge in [-0.1, -0.05) is 44.1 Å². The highest BCUT2D eigenvalue weighted by Gasteiger charge is 2.72. The first kappa shape index (κ1) is 23.9. The Labute approximate surface area is 191 Å². The molecule has 1 unspecified atom stereocenters. The predicted molar refractivity (Wildman–Crippen MR) is 120 cm³/mol. The molecule has 0 aromatic rings. The van der Waals surface area contributed by atoms with E-state index in [9.17, 15) is 20.1 Å². The second-order valence-corrected chi connectivity index (χ2v) is 11.4. The molecule has 0 aromatic heterocycles. The highest BCUT2D eigenvalue weighted by molar-refractivity contribution is 5.84. The topological polar surface area (TPSA) is 96.2 Å². The number of esters is 1. The minimum Gasteiger partial charge on any atom is -0.451 e. The van der Waals surface area contributed by atoms with E-state index in [1.54, 1.807) is 5.57 Å². The van der Waals surface area contributed by atoms with Crippen LogP contribution < -0.4 is 0 Å². The number of hydrogen-bond acceptors (Lipinski definition) is 6. The second kappa shape index (κ2) is 7.93. The fourth-order valence-electron chi connectivity index (χ4n) is 6.97. The standard InChI is InChI=1S/C26H40O6/c1-16(10-14-25(29)22(28)32-21-19(27)15-31-26(21,25)30)9-12-23(4)18(3)11-13-24(5)17(2)7-6-8-20(23)24/h7,10,18-21,27,29-30H,6,8-9,11-15H2,1-5H3/b16-10+/t18-,19+,20?,21-,23+,24+,25-,26+/m1/s1. The van der Waals surface area contributed by atoms with Crippen molar-refractivity contribution in [3.8, 4) is 0 Å². The van der Waals surface area contributed by atoms with Gasteiger partial charge in [0.1, 0.15) is 6.10 Å². The Balaban J connectivity index is 1.47. The lowest BCUT2D eigenvalue weighted by atomic mass is 9.47. The molecule has 8 atom stereocenters. The number of carbonyl (C=O) groups excluding carboxylic acids is 1. The molecular formula is C26H40O6. The van der Waals surface area contributed by atoms with Gasteiger partial charge in [-0.05, 0) is 75.0 Å². The summed E-state index contributed by atoms with van der Waals surface area (Å²) in [5, 5.41) is 31.7. The van der Waals surface area contributed by atoms with Crippen molar-refractivity contribution in [1.82, 2.24) is 0 Å². The number of hydrogen-bond donors (Lipinski definition) is 3. The van der Waals surface area contributed by atoms with E-state index in [2.05, 4.69) is 33.8 Å². The summed E-state index contributed by atoms with van der Waals surface area (Å²) < 4.78 is 10.3. The average Bonchev–Trinajstić information content (AvgIpc) is 3.14. The lowest BCUT2D eigenvalue weighted by Crippen LogP contribution is -2.57. The maximum absolute atomic E-state index is 12.3. The van der Waals surface area contributed by atoms with E-state index in [1.807, 2.05) is 13.0 Å². The summed E-state index contributed by atoms with van der Waals surface area (Å²) in [6.45, 7) is 11.4. The van der Waals surface area contributed by atoms with Crippen molar-refractivity contribution in [1.29, 1.82) is 0 Å². The molecule has 2 heterocycles. The Morgan fingerprint density at radius 3 is 2.72 bits per heavy atom. The van der Waals surface area contributed by atoms with Gasteiger partial charge in [-0.25, -0.2) is 4.79 Å². The third-order valence-electron chi connectivity index (χ3n) is 9.77. The van der Waals surface area contributed by atoms with E-state index < -0.39 is 29.6 Å². The zero-order valence-electron chi connectivity index (χ0n) is 20.2. The summed E-state index contributed by atoms with van der Waals surface area (Å²) in [5.41, 5.74) is 0.910. The van der Waals surface area contributed by atoms with E-state index in [0.29, 0.717) is 11.8 Å². The van der Waals surface area contributed by atoms with Gasteiger partial charge in [0.2, 0.25) is 11.4 Å². The number of aliphatic hydroxyl groups is 3. The molecule has 2 aliphatic carbocycles. The Bertz CT molecular complexity index is 834. The van der Waals surface area contributed by atoms with Gasteiger partial charge in [-0.15, -0.1) is 0 Å². The Kier molecular flexibility index (Phi) is 5.93. The molecule has 2 saturated heterocycles. The minimum atomic E-state index is -2.21. The third kappa shape index (κ3) is 3.32. The monoisotopic (exact) mass is 448 g/mol. The van der Waals surface area contributed by atoms with E-state index in [0.717, 1.165) is 24.8 Å². The molecule has 3 fully saturated rings. The molecule has 0 bridgehead atoms. The van der Waals surface area contributed by atoms with Gasteiger partial charge in [-0.3, -0.25) is 0 Å². The van der Waals surface area contributed by atoms with Crippen molar-refractivity contribution in [3.05, 3.63) is 23.3 Å². The zero-order valence-corrected chi connectivity index (χ0v) is 20.2. The van der Waals surface area contributed by atoms with Crippen LogP contribution in [-0.4, -0.2) is 51.5 Å². The largest absolute Gasteiger partial charge is 0.451 e. The highest BCUT2D eigenvalue weighted by atomic mass is 16.7.